The molecule has 0 heterocycles. The van der Waals surface area contributed by atoms with E-state index in [4.69, 9.17) is 51.8 Å². The number of nitro benzene ring substituents is 1. The van der Waals surface area contributed by atoms with Crippen molar-refractivity contribution in [1.82, 2.24) is 10.6 Å². The number of thiocarbonyl (C=S) groups is 1. The highest BCUT2D eigenvalue weighted by Gasteiger charge is 2.34. The average Bonchev–Trinajstić information content (AvgIpc) is 2.66. The monoisotopic (exact) mass is 498 g/mol. The lowest BCUT2D eigenvalue weighted by molar-refractivity contribution is -0.385. The second kappa shape index (κ2) is 13.0. The second-order valence-electron chi connectivity index (χ2n) is 6.45. The van der Waals surface area contributed by atoms with Crippen molar-refractivity contribution in [3.8, 4) is 5.75 Å². The minimum atomic E-state index is -1.88. The Bertz CT molecular complexity index is 747. The molecule has 1 unspecified atom stereocenters. The summed E-state index contributed by atoms with van der Waals surface area (Å²) >= 11 is 23.1. The van der Waals surface area contributed by atoms with Gasteiger partial charge < -0.3 is 20.7 Å². The molecule has 0 aliphatic rings. The third-order valence-corrected chi connectivity index (χ3v) is 4.92. The molecular formula is C18H25Cl3N4O4S. The van der Waals surface area contributed by atoms with Gasteiger partial charge in [0.25, 0.3) is 0 Å². The van der Waals surface area contributed by atoms with Crippen LogP contribution >= 0.6 is 47.0 Å². The van der Waals surface area contributed by atoms with E-state index in [0.717, 1.165) is 32.1 Å². The predicted octanol–water partition coefficient (Wildman–Crippen LogP) is 5.06. The smallest absolute Gasteiger partial charge is 0.312 e. The van der Waals surface area contributed by atoms with Crippen LogP contribution in [0.4, 0.5) is 11.4 Å². The minimum Gasteiger partial charge on any atom is -0.490 e. The van der Waals surface area contributed by atoms with E-state index in [9.17, 15) is 14.9 Å². The van der Waals surface area contributed by atoms with Gasteiger partial charge in [-0.05, 0) is 30.8 Å². The van der Waals surface area contributed by atoms with Crippen LogP contribution in [0.1, 0.15) is 45.4 Å². The van der Waals surface area contributed by atoms with Crippen LogP contribution in [0.3, 0.4) is 0 Å². The molecule has 0 saturated heterocycles. The Balaban J connectivity index is 2.70. The zero-order chi connectivity index (χ0) is 22.7. The number of nitrogens with zero attached hydrogens (tertiary/aromatic N) is 1. The molecule has 0 bridgehead atoms. The lowest BCUT2D eigenvalue weighted by atomic mass is 10.1. The summed E-state index contributed by atoms with van der Waals surface area (Å²) in [5.74, 6) is -0.173. The van der Waals surface area contributed by atoms with Crippen molar-refractivity contribution in [2.75, 3.05) is 12.4 Å². The fraction of sp³-hybridized carbons (Fsp3) is 0.556. The van der Waals surface area contributed by atoms with Gasteiger partial charge in [0, 0.05) is 18.2 Å². The van der Waals surface area contributed by atoms with E-state index in [0.29, 0.717) is 12.1 Å². The number of alkyl halides is 3. The van der Waals surface area contributed by atoms with Gasteiger partial charge in [0.2, 0.25) is 9.70 Å². The first kappa shape index (κ1) is 26.5. The number of nitro groups is 1. The van der Waals surface area contributed by atoms with Crippen LogP contribution in [0.25, 0.3) is 0 Å². The number of carbonyl (C=O) groups excluding carboxylic acids is 1. The number of halogens is 3. The van der Waals surface area contributed by atoms with E-state index in [1.54, 1.807) is 6.07 Å². The molecule has 0 aliphatic carbocycles. The van der Waals surface area contributed by atoms with E-state index in [-0.39, 0.29) is 22.5 Å². The van der Waals surface area contributed by atoms with Gasteiger partial charge in [0.1, 0.15) is 6.17 Å². The largest absolute Gasteiger partial charge is 0.490 e. The van der Waals surface area contributed by atoms with Crippen LogP contribution in [0.15, 0.2) is 18.2 Å². The van der Waals surface area contributed by atoms with E-state index < -0.39 is 14.9 Å². The molecule has 3 N–H and O–H groups in total. The van der Waals surface area contributed by atoms with Crippen molar-refractivity contribution in [2.24, 2.45) is 0 Å². The number of benzene rings is 1. The Kier molecular flexibility index (Phi) is 11.5. The van der Waals surface area contributed by atoms with Crippen molar-refractivity contribution in [1.29, 1.82) is 0 Å². The Morgan fingerprint density at radius 2 is 1.90 bits per heavy atom. The van der Waals surface area contributed by atoms with E-state index in [1.807, 2.05) is 0 Å². The van der Waals surface area contributed by atoms with Crippen LogP contribution in [0.5, 0.6) is 5.75 Å². The van der Waals surface area contributed by atoms with Gasteiger partial charge >= 0.3 is 5.69 Å². The first-order chi connectivity index (χ1) is 14.1. The normalized spacial score (nSPS) is 12.0. The molecule has 1 rings (SSSR count). The SMILES string of the molecule is CCCCCCCC(=O)NC(NC(=S)Nc1ccc(OC)c([N+](=O)[O-])c1)C(Cl)(Cl)Cl. The predicted molar refractivity (Wildman–Crippen MR) is 125 cm³/mol. The highest BCUT2D eigenvalue weighted by atomic mass is 35.6. The van der Waals surface area contributed by atoms with E-state index in [2.05, 4.69) is 22.9 Å². The quantitative estimate of drug-likeness (QED) is 0.0975. The summed E-state index contributed by atoms with van der Waals surface area (Å²) in [6, 6.07) is 4.22. The van der Waals surface area contributed by atoms with E-state index in [1.165, 1.54) is 19.2 Å². The van der Waals surface area contributed by atoms with Gasteiger partial charge in [-0.2, -0.15) is 0 Å². The van der Waals surface area contributed by atoms with Crippen LogP contribution in [-0.4, -0.2) is 33.0 Å². The van der Waals surface area contributed by atoms with Crippen LogP contribution in [-0.2, 0) is 4.79 Å². The molecule has 0 aromatic heterocycles. The molecule has 0 radical (unpaired) electrons. The summed E-state index contributed by atoms with van der Waals surface area (Å²) in [6.45, 7) is 2.12. The highest BCUT2D eigenvalue weighted by Crippen LogP contribution is 2.31. The summed E-state index contributed by atoms with van der Waals surface area (Å²) in [6.07, 6.45) is 4.20. The number of carbonyl (C=O) groups is 1. The molecule has 0 saturated carbocycles. The van der Waals surface area contributed by atoms with Crippen LogP contribution < -0.4 is 20.7 Å². The number of anilines is 1. The van der Waals surface area contributed by atoms with Crippen LogP contribution in [0, 0.1) is 10.1 Å². The summed E-state index contributed by atoms with van der Waals surface area (Å²) in [5, 5.41) is 19.2. The standard InChI is InChI=1S/C18H25Cl3N4O4S/c1-3-4-5-6-7-8-15(26)23-16(18(19,20)21)24-17(30)22-12-9-10-14(29-2)13(11-12)25(27)28/h9-11,16H,3-8H2,1-2H3,(H,23,26)(H2,22,24,30). The van der Waals surface area contributed by atoms with Crippen molar-refractivity contribution >= 4 is 69.4 Å². The number of amides is 1. The van der Waals surface area contributed by atoms with Gasteiger partial charge in [-0.3, -0.25) is 14.9 Å². The van der Waals surface area contributed by atoms with Crippen molar-refractivity contribution in [3.63, 3.8) is 0 Å². The molecule has 1 aromatic rings. The fourth-order valence-electron chi connectivity index (χ4n) is 2.53. The van der Waals surface area contributed by atoms with Crippen molar-refractivity contribution < 1.29 is 14.5 Å². The summed E-state index contributed by atoms with van der Waals surface area (Å²) in [7, 11) is 1.33. The van der Waals surface area contributed by atoms with Gasteiger partial charge in [0.15, 0.2) is 10.9 Å². The number of hydrogen-bond donors (Lipinski definition) is 3. The third-order valence-electron chi connectivity index (χ3n) is 4.05. The summed E-state index contributed by atoms with van der Waals surface area (Å²) < 4.78 is 3.08. The molecular weight excluding hydrogens is 475 g/mol. The molecule has 1 amide bonds. The maximum absolute atomic E-state index is 12.2. The fourth-order valence-corrected chi connectivity index (χ4v) is 3.09. The number of rotatable bonds is 11. The molecule has 1 aromatic carbocycles. The Hall–Kier alpha value is -1.55. The third kappa shape index (κ3) is 9.51. The lowest BCUT2D eigenvalue weighted by Gasteiger charge is -2.27. The molecule has 168 valence electrons. The molecule has 0 aliphatic heterocycles. The number of hydrogen-bond acceptors (Lipinski definition) is 5. The lowest BCUT2D eigenvalue weighted by Crippen LogP contribution is -2.56. The molecule has 30 heavy (non-hydrogen) atoms. The van der Waals surface area contributed by atoms with Gasteiger partial charge in [-0.1, -0.05) is 67.4 Å². The zero-order valence-corrected chi connectivity index (χ0v) is 19.8. The van der Waals surface area contributed by atoms with Gasteiger partial charge in [0.05, 0.1) is 12.0 Å². The number of nitrogens with one attached hydrogen (secondary N) is 3. The Labute approximate surface area is 196 Å². The highest BCUT2D eigenvalue weighted by molar-refractivity contribution is 7.80. The summed E-state index contributed by atoms with van der Waals surface area (Å²) in [4.78, 5) is 22.7. The molecule has 0 spiro atoms. The van der Waals surface area contributed by atoms with Crippen molar-refractivity contribution in [3.05, 3.63) is 28.3 Å². The van der Waals surface area contributed by atoms with E-state index >= 15 is 0 Å². The zero-order valence-electron chi connectivity index (χ0n) is 16.7. The Morgan fingerprint density at radius 3 is 2.47 bits per heavy atom. The molecule has 12 heteroatoms. The molecule has 8 nitrogen and oxygen atoms in total. The van der Waals surface area contributed by atoms with Gasteiger partial charge in [-0.25, -0.2) is 0 Å². The maximum Gasteiger partial charge on any atom is 0.312 e. The summed E-state index contributed by atoms with van der Waals surface area (Å²) in [5.41, 5.74) is 0.0879. The Morgan fingerprint density at radius 1 is 1.23 bits per heavy atom. The second-order valence-corrected chi connectivity index (χ2v) is 9.23. The van der Waals surface area contributed by atoms with Crippen LogP contribution in [0.2, 0.25) is 0 Å². The maximum atomic E-state index is 12.2. The molecule has 1 atom stereocenters. The first-order valence-electron chi connectivity index (χ1n) is 9.34. The first-order valence-corrected chi connectivity index (χ1v) is 10.9. The topological polar surface area (TPSA) is 106 Å². The molecule has 0 fully saturated rings. The average molecular weight is 500 g/mol. The number of ether oxygens (including phenoxy) is 1. The minimum absolute atomic E-state index is 0.00837. The van der Waals surface area contributed by atoms with Crippen molar-refractivity contribution in [2.45, 2.75) is 55.4 Å². The number of methoxy groups -OCH3 is 1. The van der Waals surface area contributed by atoms with Gasteiger partial charge in [-0.15, -0.1) is 0 Å². The number of unbranched alkanes of at least 4 members (excludes halogenated alkanes) is 4.